The molecule has 0 aliphatic heterocycles. The maximum absolute atomic E-state index is 14.5. The quantitative estimate of drug-likeness (QED) is 0.610. The van der Waals surface area contributed by atoms with Crippen LogP contribution in [0, 0.1) is 12.7 Å². The van der Waals surface area contributed by atoms with Crippen LogP contribution in [0.4, 0.5) is 4.39 Å². The van der Waals surface area contributed by atoms with E-state index in [0.29, 0.717) is 22.2 Å². The first-order chi connectivity index (χ1) is 11.6. The summed E-state index contributed by atoms with van der Waals surface area (Å²) in [6.07, 6.45) is 1.56. The van der Waals surface area contributed by atoms with E-state index in [9.17, 15) is 9.18 Å². The third-order valence-corrected chi connectivity index (χ3v) is 3.98. The third-order valence-electron chi connectivity index (χ3n) is 3.98. The van der Waals surface area contributed by atoms with Crippen LogP contribution in [-0.2, 0) is 0 Å². The van der Waals surface area contributed by atoms with Crippen LogP contribution in [0.3, 0.4) is 0 Å². The molecular weight excluding hydrogens is 305 g/mol. The first-order valence-electron chi connectivity index (χ1n) is 7.57. The molecule has 0 aliphatic carbocycles. The smallest absolute Gasteiger partial charge is 0.248 e. The fourth-order valence-corrected chi connectivity index (χ4v) is 2.80. The minimum absolute atomic E-state index is 0.220. The van der Waals surface area contributed by atoms with Crippen LogP contribution in [0.2, 0.25) is 0 Å². The molecule has 2 aromatic heterocycles. The number of para-hydroxylation sites is 1. The predicted molar refractivity (Wildman–Crippen MR) is 91.8 cm³/mol. The molecule has 2 heterocycles. The molecule has 4 rings (SSSR count). The van der Waals surface area contributed by atoms with E-state index in [2.05, 4.69) is 10.1 Å². The molecule has 0 fully saturated rings. The van der Waals surface area contributed by atoms with Crippen LogP contribution in [0.1, 0.15) is 5.56 Å². The Morgan fingerprint density at radius 1 is 1.08 bits per heavy atom. The number of aromatic nitrogens is 3. The van der Waals surface area contributed by atoms with Gasteiger partial charge in [-0.3, -0.25) is 4.79 Å². The maximum Gasteiger partial charge on any atom is 0.248 e. The van der Waals surface area contributed by atoms with Gasteiger partial charge in [-0.25, -0.2) is 9.07 Å². The topological polar surface area (TPSA) is 50.7 Å². The Morgan fingerprint density at radius 2 is 1.88 bits per heavy atom. The lowest BCUT2D eigenvalue weighted by Crippen LogP contribution is -2.02. The zero-order valence-corrected chi connectivity index (χ0v) is 13.0. The maximum atomic E-state index is 14.5. The van der Waals surface area contributed by atoms with Crippen LogP contribution in [0.15, 0.2) is 65.6 Å². The van der Waals surface area contributed by atoms with E-state index >= 15 is 0 Å². The van der Waals surface area contributed by atoms with Crippen LogP contribution >= 0.6 is 0 Å². The molecule has 5 heteroatoms. The van der Waals surface area contributed by atoms with Crippen molar-refractivity contribution in [3.63, 3.8) is 0 Å². The highest BCUT2D eigenvalue weighted by Gasteiger charge is 2.16. The SMILES string of the molecule is Cc1ccc(-n2nc(-c3cc[nH]c(=O)c3)c3cccc(F)c32)cc1. The van der Waals surface area contributed by atoms with Gasteiger partial charge < -0.3 is 4.98 Å². The average molecular weight is 319 g/mol. The first kappa shape index (κ1) is 14.4. The number of fused-ring (bicyclic) bond motifs is 1. The van der Waals surface area contributed by atoms with Gasteiger partial charge in [0.1, 0.15) is 17.0 Å². The molecule has 0 amide bonds. The summed E-state index contributed by atoms with van der Waals surface area (Å²) in [5.41, 5.74) is 3.30. The van der Waals surface area contributed by atoms with E-state index in [4.69, 9.17) is 0 Å². The molecule has 24 heavy (non-hydrogen) atoms. The van der Waals surface area contributed by atoms with Crippen molar-refractivity contribution >= 4 is 10.9 Å². The second-order valence-corrected chi connectivity index (χ2v) is 5.67. The van der Waals surface area contributed by atoms with E-state index in [0.717, 1.165) is 11.3 Å². The Balaban J connectivity index is 2.05. The van der Waals surface area contributed by atoms with E-state index in [1.807, 2.05) is 37.3 Å². The van der Waals surface area contributed by atoms with E-state index < -0.39 is 0 Å². The molecule has 0 saturated heterocycles. The number of pyridine rings is 1. The lowest BCUT2D eigenvalue weighted by Gasteiger charge is -2.04. The van der Waals surface area contributed by atoms with Gasteiger partial charge in [0, 0.05) is 23.2 Å². The lowest BCUT2D eigenvalue weighted by molar-refractivity contribution is 0.632. The number of nitrogens with one attached hydrogen (secondary N) is 1. The number of nitrogens with zero attached hydrogens (tertiary/aromatic N) is 2. The molecule has 0 atom stereocenters. The second kappa shape index (κ2) is 5.45. The van der Waals surface area contributed by atoms with Gasteiger partial charge in [-0.1, -0.05) is 29.8 Å². The molecule has 0 radical (unpaired) electrons. The number of H-pyrrole nitrogens is 1. The number of benzene rings is 2. The molecule has 4 aromatic rings. The molecule has 0 saturated carbocycles. The molecule has 0 unspecified atom stereocenters. The summed E-state index contributed by atoms with van der Waals surface area (Å²) in [5, 5.41) is 5.25. The first-order valence-corrected chi connectivity index (χ1v) is 7.57. The van der Waals surface area contributed by atoms with Crippen LogP contribution < -0.4 is 5.56 Å². The summed E-state index contributed by atoms with van der Waals surface area (Å²) in [4.78, 5) is 14.2. The van der Waals surface area contributed by atoms with Crippen molar-refractivity contribution in [2.75, 3.05) is 0 Å². The Morgan fingerprint density at radius 3 is 2.62 bits per heavy atom. The lowest BCUT2D eigenvalue weighted by atomic mass is 10.1. The van der Waals surface area contributed by atoms with Crippen molar-refractivity contribution in [2.24, 2.45) is 0 Å². The van der Waals surface area contributed by atoms with E-state index in [-0.39, 0.29) is 11.4 Å². The van der Waals surface area contributed by atoms with E-state index in [1.54, 1.807) is 23.0 Å². The predicted octanol–water partition coefficient (Wildman–Crippen LogP) is 3.83. The van der Waals surface area contributed by atoms with Gasteiger partial charge in [0.05, 0.1) is 5.69 Å². The van der Waals surface area contributed by atoms with Gasteiger partial charge in [0.25, 0.3) is 0 Å². The minimum atomic E-state index is -0.350. The van der Waals surface area contributed by atoms with Crippen LogP contribution in [0.25, 0.3) is 27.8 Å². The number of hydrogen-bond acceptors (Lipinski definition) is 2. The summed E-state index contributed by atoms with van der Waals surface area (Å²) in [6.45, 7) is 1.99. The average Bonchev–Trinajstić information content (AvgIpc) is 2.97. The van der Waals surface area contributed by atoms with Gasteiger partial charge in [0.15, 0.2) is 0 Å². The molecular formula is C19H14FN3O. The zero-order chi connectivity index (χ0) is 16.7. The monoisotopic (exact) mass is 319 g/mol. The number of rotatable bonds is 2. The van der Waals surface area contributed by atoms with Crippen molar-refractivity contribution in [1.29, 1.82) is 0 Å². The van der Waals surface area contributed by atoms with Crippen LogP contribution in [-0.4, -0.2) is 14.8 Å². The second-order valence-electron chi connectivity index (χ2n) is 5.67. The fraction of sp³-hybridized carbons (Fsp3) is 0.0526. The molecule has 4 nitrogen and oxygen atoms in total. The van der Waals surface area contributed by atoms with Crippen LogP contribution in [0.5, 0.6) is 0 Å². The number of aryl methyl sites for hydroxylation is 1. The van der Waals surface area contributed by atoms with Crippen molar-refractivity contribution < 1.29 is 4.39 Å². The summed E-state index contributed by atoms with van der Waals surface area (Å²) in [7, 11) is 0. The molecule has 0 spiro atoms. The minimum Gasteiger partial charge on any atom is -0.329 e. The summed E-state index contributed by atoms with van der Waals surface area (Å²) in [5.74, 6) is -0.350. The normalized spacial score (nSPS) is 11.1. The Labute approximate surface area is 137 Å². The van der Waals surface area contributed by atoms with E-state index in [1.165, 1.54) is 12.1 Å². The molecule has 0 bridgehead atoms. The summed E-state index contributed by atoms with van der Waals surface area (Å²) < 4.78 is 16.1. The van der Waals surface area contributed by atoms with Crippen molar-refractivity contribution in [3.8, 4) is 16.9 Å². The molecule has 1 N–H and O–H groups in total. The van der Waals surface area contributed by atoms with Crippen molar-refractivity contribution in [3.05, 3.63) is 82.5 Å². The molecule has 0 aliphatic rings. The number of halogens is 1. The highest BCUT2D eigenvalue weighted by Crippen LogP contribution is 2.30. The Bertz CT molecular complexity index is 1090. The standard InChI is InChI=1S/C19H14FN3O/c1-12-5-7-14(8-6-12)23-19-15(3-2-4-16(19)20)18(22-23)13-9-10-21-17(24)11-13/h2-11H,1H3,(H,21,24). The van der Waals surface area contributed by atoms with Gasteiger partial charge in [-0.15, -0.1) is 0 Å². The summed E-state index contributed by atoms with van der Waals surface area (Å²) in [6, 6.07) is 15.8. The highest BCUT2D eigenvalue weighted by atomic mass is 19.1. The van der Waals surface area contributed by atoms with Gasteiger partial charge >= 0.3 is 0 Å². The molecule has 118 valence electrons. The summed E-state index contributed by atoms with van der Waals surface area (Å²) >= 11 is 0. The van der Waals surface area contributed by atoms with Crippen molar-refractivity contribution in [1.82, 2.24) is 14.8 Å². The zero-order valence-electron chi connectivity index (χ0n) is 13.0. The largest absolute Gasteiger partial charge is 0.329 e. The number of hydrogen-bond donors (Lipinski definition) is 1. The van der Waals surface area contributed by atoms with Gasteiger partial charge in [0.2, 0.25) is 5.56 Å². The van der Waals surface area contributed by atoms with Crippen molar-refractivity contribution in [2.45, 2.75) is 6.92 Å². The van der Waals surface area contributed by atoms with Gasteiger partial charge in [-0.05, 0) is 31.2 Å². The Hall–Kier alpha value is -3.21. The fourth-order valence-electron chi connectivity index (χ4n) is 2.80. The number of aromatic amines is 1. The molecule has 2 aromatic carbocycles. The third kappa shape index (κ3) is 2.31. The van der Waals surface area contributed by atoms with Gasteiger partial charge in [-0.2, -0.15) is 5.10 Å². The Kier molecular flexibility index (Phi) is 3.27. The highest BCUT2D eigenvalue weighted by molar-refractivity contribution is 5.94.